The molecule has 1 fully saturated rings. The second kappa shape index (κ2) is 12.2. The van der Waals surface area contributed by atoms with Gasteiger partial charge in [0.1, 0.15) is 15.8 Å². The summed E-state index contributed by atoms with van der Waals surface area (Å²) in [4.78, 5) is 37.3. The molecule has 0 unspecified atom stereocenters. The molecule has 3 amide bonds. The van der Waals surface area contributed by atoms with E-state index in [0.29, 0.717) is 12.1 Å². The first-order valence-electron chi connectivity index (χ1n) is 12.2. The number of amides is 3. The minimum atomic E-state index is -5.29. The number of carbonyl (C=O) groups is 3. The van der Waals surface area contributed by atoms with Gasteiger partial charge >= 0.3 is 24.4 Å². The van der Waals surface area contributed by atoms with Crippen LogP contribution in [0.25, 0.3) is 0 Å². The van der Waals surface area contributed by atoms with E-state index in [0.717, 1.165) is 35.6 Å². The monoisotopic (exact) mass is 705 g/mol. The van der Waals surface area contributed by atoms with Crippen molar-refractivity contribution in [2.75, 3.05) is 16.0 Å². The van der Waals surface area contributed by atoms with E-state index >= 15 is 0 Å². The molecule has 0 bridgehead atoms. The lowest BCUT2D eigenvalue weighted by Crippen LogP contribution is -2.41. The van der Waals surface area contributed by atoms with Crippen LogP contribution in [0.3, 0.4) is 0 Å². The second-order valence-corrected chi connectivity index (χ2v) is 11.4. The Hall–Kier alpha value is -3.69. The molecule has 18 heteroatoms. The van der Waals surface area contributed by atoms with Crippen LogP contribution in [0.15, 0.2) is 54.6 Å². The summed E-state index contributed by atoms with van der Waals surface area (Å²) in [7, 11) is 0. The molecule has 0 heterocycles. The van der Waals surface area contributed by atoms with Gasteiger partial charge in [-0.25, -0.2) is 17.6 Å². The van der Waals surface area contributed by atoms with Gasteiger partial charge < -0.3 is 16.0 Å². The van der Waals surface area contributed by atoms with E-state index in [4.69, 9.17) is 34.8 Å². The van der Waals surface area contributed by atoms with Crippen LogP contribution < -0.4 is 16.0 Å². The molecular weight excluding hydrogens is 692 g/mol. The van der Waals surface area contributed by atoms with Crippen molar-refractivity contribution in [2.24, 2.45) is 5.92 Å². The van der Waals surface area contributed by atoms with Crippen LogP contribution >= 0.6 is 34.8 Å². The number of hydrogen-bond donors (Lipinski definition) is 3. The van der Waals surface area contributed by atoms with E-state index in [1.54, 1.807) is 0 Å². The molecule has 3 aromatic carbocycles. The Bertz CT molecular complexity index is 1690. The summed E-state index contributed by atoms with van der Waals surface area (Å²) in [5.41, 5.74) is -3.92. The van der Waals surface area contributed by atoms with Gasteiger partial charge in [-0.3, -0.25) is 14.4 Å². The summed E-state index contributed by atoms with van der Waals surface area (Å²) in [6, 6.07) is 8.47. The zero-order valence-electron chi connectivity index (χ0n) is 21.7. The minimum absolute atomic E-state index is 0.0426. The molecule has 1 aliphatic carbocycles. The third kappa shape index (κ3) is 6.94. The summed E-state index contributed by atoms with van der Waals surface area (Å²) in [6.07, 6.45) is -9.15. The number of anilines is 3. The molecule has 3 aromatic rings. The Labute approximate surface area is 261 Å². The molecule has 45 heavy (non-hydrogen) atoms. The average Bonchev–Trinajstić information content (AvgIpc) is 3.54. The van der Waals surface area contributed by atoms with Gasteiger partial charge in [0.05, 0.1) is 27.8 Å². The van der Waals surface area contributed by atoms with E-state index in [9.17, 15) is 53.9 Å². The molecule has 240 valence electrons. The Kier molecular flexibility index (Phi) is 9.31. The second-order valence-electron chi connectivity index (χ2n) is 9.55. The molecule has 1 saturated carbocycles. The fourth-order valence-corrected chi connectivity index (χ4v) is 5.25. The fourth-order valence-electron chi connectivity index (χ4n) is 4.22. The fraction of sp³-hybridized carbons (Fsp3) is 0.222. The third-order valence-corrected chi connectivity index (χ3v) is 7.81. The number of nitrogens with one attached hydrogen (secondary N) is 3. The summed E-state index contributed by atoms with van der Waals surface area (Å²) >= 11 is 18.5. The van der Waals surface area contributed by atoms with Crippen molar-refractivity contribution in [2.45, 2.75) is 28.8 Å². The molecule has 0 aliphatic heterocycles. The average molecular weight is 707 g/mol. The predicted molar refractivity (Wildman–Crippen MR) is 146 cm³/mol. The van der Waals surface area contributed by atoms with Crippen molar-refractivity contribution in [1.82, 2.24) is 0 Å². The zero-order valence-corrected chi connectivity index (χ0v) is 24.0. The van der Waals surface area contributed by atoms with Crippen LogP contribution in [0.2, 0.25) is 5.02 Å². The molecule has 0 radical (unpaired) electrons. The maximum absolute atomic E-state index is 14.9. The molecule has 0 spiro atoms. The van der Waals surface area contributed by atoms with Gasteiger partial charge in [-0.15, -0.1) is 23.2 Å². The first kappa shape index (κ1) is 34.2. The minimum Gasteiger partial charge on any atom is -0.326 e. The van der Waals surface area contributed by atoms with E-state index < -0.39 is 86.6 Å². The smallest absolute Gasteiger partial charge is 0.326 e. The predicted octanol–water partition coefficient (Wildman–Crippen LogP) is 8.25. The van der Waals surface area contributed by atoms with Gasteiger partial charge in [-0.05, 0) is 42.0 Å². The summed E-state index contributed by atoms with van der Waals surface area (Å²) < 4.78 is 118. The molecule has 4 rings (SSSR count). The Balaban J connectivity index is 1.52. The Morgan fingerprint density at radius 3 is 2.16 bits per heavy atom. The lowest BCUT2D eigenvalue weighted by molar-refractivity contribution is -0.163. The van der Waals surface area contributed by atoms with E-state index in [2.05, 4.69) is 5.32 Å². The zero-order chi connectivity index (χ0) is 33.6. The van der Waals surface area contributed by atoms with Crippen LogP contribution in [0.4, 0.5) is 56.6 Å². The lowest BCUT2D eigenvalue weighted by Gasteiger charge is -2.17. The standard InChI is InChI=1S/C27H15Cl3F9N3O3/c28-14-5-4-12(40-22(44)18-17(25(18,29)30)10-2-1-3-11(8-10)27(37,38)39)9-13(14)21(43)41-16-7-6-15(31)20(19(16)32)42-24(45)26(35,36)23(33)34/h1-9,17-18,23H,(H,40,44)(H,41,43)(H,42,45)/t17-,18+/m0/s1. The first-order valence-corrected chi connectivity index (χ1v) is 13.3. The third-order valence-electron chi connectivity index (χ3n) is 6.54. The summed E-state index contributed by atoms with van der Waals surface area (Å²) in [5.74, 6) is -15.8. The summed E-state index contributed by atoms with van der Waals surface area (Å²) in [5, 5.41) is 5.09. The van der Waals surface area contributed by atoms with Crippen LogP contribution in [0.5, 0.6) is 0 Å². The highest BCUT2D eigenvalue weighted by Gasteiger charge is 2.67. The van der Waals surface area contributed by atoms with Crippen molar-refractivity contribution in [3.8, 4) is 0 Å². The van der Waals surface area contributed by atoms with Gasteiger partial charge in [-0.2, -0.15) is 22.0 Å². The van der Waals surface area contributed by atoms with Crippen LogP contribution in [0, 0.1) is 17.6 Å². The molecule has 0 aromatic heterocycles. The van der Waals surface area contributed by atoms with E-state index in [1.165, 1.54) is 12.1 Å². The molecular formula is C27H15Cl3F9N3O3. The Morgan fingerprint density at radius 1 is 0.867 bits per heavy atom. The van der Waals surface area contributed by atoms with E-state index in [1.807, 2.05) is 5.32 Å². The van der Waals surface area contributed by atoms with Gasteiger partial charge in [0, 0.05) is 11.6 Å². The highest BCUT2D eigenvalue weighted by Crippen LogP contribution is 2.65. The van der Waals surface area contributed by atoms with Crippen molar-refractivity contribution in [1.29, 1.82) is 0 Å². The quantitative estimate of drug-likeness (QED) is 0.163. The number of benzene rings is 3. The molecule has 6 nitrogen and oxygen atoms in total. The SMILES string of the molecule is O=C(Nc1ccc(F)c(NC(=O)C(F)(F)C(F)F)c1F)c1cc(NC(=O)[C@H]2[C@H](c3cccc(C(F)(F)F)c3)C2(Cl)Cl)ccc1Cl. The van der Waals surface area contributed by atoms with Crippen LogP contribution in [0.1, 0.15) is 27.4 Å². The van der Waals surface area contributed by atoms with Crippen LogP contribution in [-0.4, -0.2) is 34.4 Å². The molecule has 1 aliphatic rings. The number of rotatable bonds is 8. The number of alkyl halides is 9. The highest BCUT2D eigenvalue weighted by atomic mass is 35.5. The molecule has 3 N–H and O–H groups in total. The molecule has 2 atom stereocenters. The highest BCUT2D eigenvalue weighted by molar-refractivity contribution is 6.53. The van der Waals surface area contributed by atoms with E-state index in [-0.39, 0.29) is 16.3 Å². The first-order chi connectivity index (χ1) is 20.8. The van der Waals surface area contributed by atoms with Crippen molar-refractivity contribution in [3.05, 3.63) is 87.9 Å². The summed E-state index contributed by atoms with van der Waals surface area (Å²) in [6.45, 7) is 0. The van der Waals surface area contributed by atoms with Crippen molar-refractivity contribution >= 4 is 69.6 Å². The molecule has 0 saturated heterocycles. The number of halogens is 12. The normalized spacial score (nSPS) is 17.5. The van der Waals surface area contributed by atoms with Crippen molar-refractivity contribution < 1.29 is 53.9 Å². The van der Waals surface area contributed by atoms with Gasteiger partial charge in [0.15, 0.2) is 5.82 Å². The van der Waals surface area contributed by atoms with Gasteiger partial charge in [0.25, 0.3) is 5.91 Å². The maximum atomic E-state index is 14.9. The largest absolute Gasteiger partial charge is 0.416 e. The Morgan fingerprint density at radius 2 is 1.53 bits per heavy atom. The van der Waals surface area contributed by atoms with Crippen LogP contribution in [-0.2, 0) is 15.8 Å². The maximum Gasteiger partial charge on any atom is 0.416 e. The lowest BCUT2D eigenvalue weighted by atomic mass is 10.1. The number of carbonyl (C=O) groups excluding carboxylic acids is 3. The topological polar surface area (TPSA) is 87.3 Å². The van der Waals surface area contributed by atoms with Gasteiger partial charge in [-0.1, -0.05) is 29.8 Å². The van der Waals surface area contributed by atoms with Crippen molar-refractivity contribution in [3.63, 3.8) is 0 Å². The van der Waals surface area contributed by atoms with Gasteiger partial charge in [0.2, 0.25) is 5.91 Å². The number of hydrogen-bond acceptors (Lipinski definition) is 3.